The Morgan fingerprint density at radius 2 is 1.55 bits per heavy atom. The summed E-state index contributed by atoms with van der Waals surface area (Å²) in [5.41, 5.74) is 2.18. The van der Waals surface area contributed by atoms with Crippen molar-refractivity contribution in [1.29, 1.82) is 0 Å². The van der Waals surface area contributed by atoms with Crippen LogP contribution in [0.5, 0.6) is 5.75 Å². The molecule has 0 unspecified atom stereocenters. The van der Waals surface area contributed by atoms with E-state index in [1.165, 1.54) is 6.07 Å². The monoisotopic (exact) mass is 288 g/mol. The zero-order valence-corrected chi connectivity index (χ0v) is 11.9. The molecule has 3 aromatic rings. The van der Waals surface area contributed by atoms with Crippen molar-refractivity contribution in [3.63, 3.8) is 0 Å². The Morgan fingerprint density at radius 1 is 0.818 bits per heavy atom. The summed E-state index contributed by atoms with van der Waals surface area (Å²) in [4.78, 5) is 25.6. The van der Waals surface area contributed by atoms with E-state index in [9.17, 15) is 14.7 Å². The number of hydrogen-bond acceptors (Lipinski definition) is 3. The molecule has 0 radical (unpaired) electrons. The van der Waals surface area contributed by atoms with Gasteiger partial charge in [-0.15, -0.1) is 0 Å². The molecule has 1 aliphatic carbocycles. The Balaban J connectivity index is 2.14. The van der Waals surface area contributed by atoms with Crippen LogP contribution >= 0.6 is 0 Å². The second-order valence-corrected chi connectivity index (χ2v) is 5.57. The van der Waals surface area contributed by atoms with Gasteiger partial charge in [-0.2, -0.15) is 0 Å². The quantitative estimate of drug-likeness (QED) is 0.537. The molecule has 0 bridgehead atoms. The molecule has 3 aromatic carbocycles. The van der Waals surface area contributed by atoms with Gasteiger partial charge in [0.1, 0.15) is 5.75 Å². The molecule has 106 valence electrons. The van der Waals surface area contributed by atoms with Crippen molar-refractivity contribution in [2.75, 3.05) is 0 Å². The molecule has 0 spiro atoms. The van der Waals surface area contributed by atoms with Crippen LogP contribution in [0.1, 0.15) is 37.4 Å². The highest BCUT2D eigenvalue weighted by molar-refractivity contribution is 6.32. The van der Waals surface area contributed by atoms with E-state index in [0.717, 1.165) is 16.3 Å². The second kappa shape index (κ2) is 4.28. The van der Waals surface area contributed by atoms with Crippen molar-refractivity contribution in [3.05, 3.63) is 76.3 Å². The van der Waals surface area contributed by atoms with E-state index in [1.807, 2.05) is 31.2 Å². The third-order valence-corrected chi connectivity index (χ3v) is 4.16. The van der Waals surface area contributed by atoms with Crippen molar-refractivity contribution in [2.45, 2.75) is 6.92 Å². The second-order valence-electron chi connectivity index (χ2n) is 5.57. The molecule has 0 heterocycles. The third-order valence-electron chi connectivity index (χ3n) is 4.16. The molecule has 3 heteroatoms. The molecule has 0 aliphatic heterocycles. The number of carbonyl (C=O) groups excluding carboxylic acids is 2. The molecule has 0 aromatic heterocycles. The van der Waals surface area contributed by atoms with Crippen LogP contribution in [0.3, 0.4) is 0 Å². The average Bonchev–Trinajstić information content (AvgIpc) is 2.51. The first-order valence-corrected chi connectivity index (χ1v) is 7.02. The fourth-order valence-corrected chi connectivity index (χ4v) is 3.11. The van der Waals surface area contributed by atoms with Gasteiger partial charge in [0, 0.05) is 16.7 Å². The lowest BCUT2D eigenvalue weighted by molar-refractivity contribution is 0.0978. The summed E-state index contributed by atoms with van der Waals surface area (Å²) in [6.07, 6.45) is 0. The van der Waals surface area contributed by atoms with Crippen LogP contribution in [-0.4, -0.2) is 16.7 Å². The minimum absolute atomic E-state index is 0.106. The van der Waals surface area contributed by atoms with E-state index in [2.05, 4.69) is 0 Å². The van der Waals surface area contributed by atoms with E-state index in [1.54, 1.807) is 18.2 Å². The molecule has 22 heavy (non-hydrogen) atoms. The van der Waals surface area contributed by atoms with Gasteiger partial charge in [0.15, 0.2) is 11.6 Å². The smallest absolute Gasteiger partial charge is 0.198 e. The number of hydrogen-bond donors (Lipinski definition) is 1. The lowest BCUT2D eigenvalue weighted by Gasteiger charge is -2.20. The maximum atomic E-state index is 12.9. The first kappa shape index (κ1) is 12.8. The predicted molar refractivity (Wildman–Crippen MR) is 83.7 cm³/mol. The molecule has 0 atom stereocenters. The van der Waals surface area contributed by atoms with Gasteiger partial charge >= 0.3 is 0 Å². The van der Waals surface area contributed by atoms with Crippen molar-refractivity contribution in [1.82, 2.24) is 0 Å². The summed E-state index contributed by atoms with van der Waals surface area (Å²) in [7, 11) is 0. The Morgan fingerprint density at radius 3 is 2.36 bits per heavy atom. The van der Waals surface area contributed by atoms with Crippen LogP contribution in [-0.2, 0) is 0 Å². The lowest BCUT2D eigenvalue weighted by atomic mass is 9.81. The lowest BCUT2D eigenvalue weighted by Crippen LogP contribution is -2.21. The summed E-state index contributed by atoms with van der Waals surface area (Å²) in [6.45, 7) is 1.94. The van der Waals surface area contributed by atoms with Gasteiger partial charge in [0.2, 0.25) is 0 Å². The van der Waals surface area contributed by atoms with Crippen molar-refractivity contribution < 1.29 is 14.7 Å². The van der Waals surface area contributed by atoms with Gasteiger partial charge in [-0.1, -0.05) is 42.0 Å². The Bertz CT molecular complexity index is 983. The summed E-state index contributed by atoms with van der Waals surface area (Å²) >= 11 is 0. The summed E-state index contributed by atoms with van der Waals surface area (Å²) in [5.74, 6) is -0.658. The number of ketones is 2. The van der Waals surface area contributed by atoms with E-state index in [0.29, 0.717) is 11.1 Å². The van der Waals surface area contributed by atoms with Gasteiger partial charge in [0.25, 0.3) is 0 Å². The number of phenolic OH excluding ortho intramolecular Hbond substituents is 1. The minimum atomic E-state index is -0.293. The minimum Gasteiger partial charge on any atom is -0.507 e. The van der Waals surface area contributed by atoms with Gasteiger partial charge in [0.05, 0.1) is 5.56 Å². The molecule has 3 nitrogen and oxygen atoms in total. The molecular formula is C19H12O3. The van der Waals surface area contributed by atoms with Crippen LogP contribution in [0.25, 0.3) is 10.8 Å². The van der Waals surface area contributed by atoms with Crippen LogP contribution < -0.4 is 0 Å². The maximum Gasteiger partial charge on any atom is 0.198 e. The topological polar surface area (TPSA) is 54.4 Å². The van der Waals surface area contributed by atoms with Crippen LogP contribution in [0.15, 0.2) is 48.5 Å². The molecule has 1 N–H and O–H groups in total. The van der Waals surface area contributed by atoms with Crippen LogP contribution in [0.4, 0.5) is 0 Å². The predicted octanol–water partition coefficient (Wildman–Crippen LogP) is 3.63. The molecule has 4 rings (SSSR count). The highest BCUT2D eigenvalue weighted by atomic mass is 16.3. The van der Waals surface area contributed by atoms with Crippen LogP contribution in [0, 0.1) is 6.92 Å². The number of fused-ring (bicyclic) bond motifs is 4. The Kier molecular flexibility index (Phi) is 2.48. The van der Waals surface area contributed by atoms with E-state index < -0.39 is 0 Å². The maximum absolute atomic E-state index is 12.9. The Hall–Kier alpha value is -2.94. The molecular weight excluding hydrogens is 276 g/mol. The SMILES string of the molecule is Cc1ccc2ccc3c(c2c1)C(=O)c1c(O)cccc1C3=O. The van der Waals surface area contributed by atoms with E-state index in [4.69, 9.17) is 0 Å². The van der Waals surface area contributed by atoms with Gasteiger partial charge < -0.3 is 5.11 Å². The number of rotatable bonds is 0. The number of carbonyl (C=O) groups is 2. The van der Waals surface area contributed by atoms with Crippen molar-refractivity contribution >= 4 is 22.3 Å². The molecule has 1 aliphatic rings. The third kappa shape index (κ3) is 1.56. The largest absolute Gasteiger partial charge is 0.507 e. The van der Waals surface area contributed by atoms with E-state index in [-0.39, 0.29) is 28.4 Å². The molecule has 0 amide bonds. The highest BCUT2D eigenvalue weighted by Crippen LogP contribution is 2.36. The summed E-state index contributed by atoms with van der Waals surface area (Å²) < 4.78 is 0. The fourth-order valence-electron chi connectivity index (χ4n) is 3.11. The Labute approximate surface area is 126 Å². The fraction of sp³-hybridized carbons (Fsp3) is 0.0526. The number of aromatic hydroxyl groups is 1. The van der Waals surface area contributed by atoms with Gasteiger partial charge in [-0.3, -0.25) is 9.59 Å². The van der Waals surface area contributed by atoms with Gasteiger partial charge in [-0.25, -0.2) is 0 Å². The normalized spacial score (nSPS) is 13.1. The first-order valence-electron chi connectivity index (χ1n) is 7.02. The standard InChI is InChI=1S/C19H12O3/c1-10-5-6-11-7-8-13-16(14(11)9-10)19(22)17-12(18(13)21)3-2-4-15(17)20/h2-9,20H,1H3. The number of aryl methyl sites for hydroxylation is 1. The molecule has 0 saturated heterocycles. The van der Waals surface area contributed by atoms with Gasteiger partial charge in [-0.05, 0) is 29.8 Å². The van der Waals surface area contributed by atoms with Crippen molar-refractivity contribution in [3.8, 4) is 5.75 Å². The number of phenols is 1. The first-order chi connectivity index (χ1) is 10.6. The molecule has 0 saturated carbocycles. The van der Waals surface area contributed by atoms with E-state index >= 15 is 0 Å². The van der Waals surface area contributed by atoms with Crippen molar-refractivity contribution in [2.24, 2.45) is 0 Å². The molecule has 0 fully saturated rings. The number of benzene rings is 3. The average molecular weight is 288 g/mol. The highest BCUT2D eigenvalue weighted by Gasteiger charge is 2.33. The zero-order valence-electron chi connectivity index (χ0n) is 11.9. The summed E-state index contributed by atoms with van der Waals surface area (Å²) in [5, 5.41) is 11.7. The van der Waals surface area contributed by atoms with Crippen LogP contribution in [0.2, 0.25) is 0 Å². The summed E-state index contributed by atoms with van der Waals surface area (Å²) in [6, 6.07) is 14.0. The zero-order chi connectivity index (χ0) is 15.4.